The molecule has 6 nitrogen and oxygen atoms in total. The average molecular weight is 526 g/mol. The highest BCUT2D eigenvalue weighted by atomic mass is 16.2. The molecule has 6 heteroatoms. The number of rotatable bonds is 6. The van der Waals surface area contributed by atoms with Crippen LogP contribution >= 0.6 is 0 Å². The zero-order chi connectivity index (χ0) is 28.7. The monoisotopic (exact) mass is 525 g/mol. The van der Waals surface area contributed by atoms with E-state index in [0.29, 0.717) is 5.69 Å². The second kappa shape index (κ2) is 13.3. The highest BCUT2D eigenvalue weighted by Gasteiger charge is 2.21. The average Bonchev–Trinajstić information content (AvgIpc) is 2.95. The summed E-state index contributed by atoms with van der Waals surface area (Å²) in [7, 11) is 3.57. The Morgan fingerprint density at radius 3 is 2.41 bits per heavy atom. The van der Waals surface area contributed by atoms with Crippen molar-refractivity contribution in [1.29, 1.82) is 0 Å². The highest BCUT2D eigenvalue weighted by molar-refractivity contribution is 5.94. The first kappa shape index (κ1) is 29.8. The van der Waals surface area contributed by atoms with Gasteiger partial charge < -0.3 is 10.6 Å². The Hall–Kier alpha value is -3.77. The summed E-state index contributed by atoms with van der Waals surface area (Å²) in [5, 5.41) is 0. The number of nitrogen functional groups attached to an aromatic ring is 1. The van der Waals surface area contributed by atoms with Crippen LogP contribution in [0.5, 0.6) is 0 Å². The molecule has 4 rings (SSSR count). The number of anilines is 1. The number of hydrogen-bond acceptors (Lipinski definition) is 5. The molecule has 0 spiro atoms. The number of nitrogens with two attached hydrogens (primary N) is 1. The van der Waals surface area contributed by atoms with E-state index in [-0.39, 0.29) is 11.9 Å². The molecular formula is C33H43N5O. The van der Waals surface area contributed by atoms with Crippen LogP contribution in [0.2, 0.25) is 0 Å². The third-order valence-electron chi connectivity index (χ3n) is 7.30. The molecule has 0 aliphatic carbocycles. The maximum atomic E-state index is 12.3. The molecule has 3 aromatic rings. The molecule has 1 amide bonds. The fourth-order valence-electron chi connectivity index (χ4n) is 4.88. The van der Waals surface area contributed by atoms with Crippen molar-refractivity contribution in [2.45, 2.75) is 54.0 Å². The predicted molar refractivity (Wildman–Crippen MR) is 164 cm³/mol. The van der Waals surface area contributed by atoms with E-state index in [4.69, 9.17) is 5.73 Å². The van der Waals surface area contributed by atoms with Crippen molar-refractivity contribution in [2.24, 2.45) is 0 Å². The Morgan fingerprint density at radius 1 is 1.08 bits per heavy atom. The molecule has 39 heavy (non-hydrogen) atoms. The van der Waals surface area contributed by atoms with Crippen LogP contribution in [-0.2, 0) is 0 Å². The normalized spacial score (nSPS) is 14.7. The lowest BCUT2D eigenvalue weighted by Crippen LogP contribution is -2.37. The summed E-state index contributed by atoms with van der Waals surface area (Å²) in [5.41, 5.74) is 16.3. The van der Waals surface area contributed by atoms with Crippen molar-refractivity contribution < 1.29 is 4.79 Å². The van der Waals surface area contributed by atoms with Gasteiger partial charge in [0.05, 0.1) is 17.6 Å². The Morgan fingerprint density at radius 2 is 1.82 bits per heavy atom. The van der Waals surface area contributed by atoms with E-state index in [0.717, 1.165) is 53.2 Å². The molecule has 0 fully saturated rings. The standard InChI is InChI=1S/C31H37N5O.C2H6/c1-20(18-29-22(3)33-14-11-28(29)30-10-8-26(32)19-34-30)23(4)36-15-12-24(13-16-36)27-9-7-25(17-21(27)2)31(37)35(5)6;1-2/h7-12,14,17-19,23H,13,15-16,32H2,1-6H3;1-2H3/b20-18+;. The van der Waals surface area contributed by atoms with E-state index >= 15 is 0 Å². The molecular weight excluding hydrogens is 482 g/mol. The van der Waals surface area contributed by atoms with Gasteiger partial charge in [0, 0.05) is 61.8 Å². The summed E-state index contributed by atoms with van der Waals surface area (Å²) >= 11 is 0. The molecule has 2 N–H and O–H groups in total. The summed E-state index contributed by atoms with van der Waals surface area (Å²) in [4.78, 5) is 25.5. The fourth-order valence-corrected chi connectivity index (χ4v) is 4.88. The minimum Gasteiger partial charge on any atom is -0.397 e. The topological polar surface area (TPSA) is 75.3 Å². The largest absolute Gasteiger partial charge is 0.397 e. The summed E-state index contributed by atoms with van der Waals surface area (Å²) < 4.78 is 0. The Bertz CT molecular complexity index is 1360. The Kier molecular flexibility index (Phi) is 10.2. The zero-order valence-electron chi connectivity index (χ0n) is 24.7. The van der Waals surface area contributed by atoms with Gasteiger partial charge in [-0.2, -0.15) is 0 Å². The maximum Gasteiger partial charge on any atom is 0.253 e. The number of carbonyl (C=O) groups excluding carboxylic acids is 1. The van der Waals surface area contributed by atoms with E-state index in [2.05, 4.69) is 53.9 Å². The van der Waals surface area contributed by atoms with Crippen molar-refractivity contribution in [3.63, 3.8) is 0 Å². The minimum atomic E-state index is 0.0359. The molecule has 0 saturated heterocycles. The van der Waals surface area contributed by atoms with E-state index in [9.17, 15) is 4.79 Å². The van der Waals surface area contributed by atoms with Gasteiger partial charge in [-0.05, 0) is 81.1 Å². The third kappa shape index (κ3) is 7.01. The smallest absolute Gasteiger partial charge is 0.253 e. The molecule has 0 bridgehead atoms. The number of aryl methyl sites for hydroxylation is 2. The number of benzene rings is 1. The fraction of sp³-hybridized carbons (Fsp3) is 0.364. The van der Waals surface area contributed by atoms with Crippen LogP contribution in [0.4, 0.5) is 5.69 Å². The second-order valence-corrected chi connectivity index (χ2v) is 10.1. The van der Waals surface area contributed by atoms with Gasteiger partial charge in [-0.25, -0.2) is 0 Å². The lowest BCUT2D eigenvalue weighted by atomic mass is 9.92. The summed E-state index contributed by atoms with van der Waals surface area (Å²) in [6.07, 6.45) is 9.10. The van der Waals surface area contributed by atoms with Gasteiger partial charge in [0.1, 0.15) is 0 Å². The Balaban J connectivity index is 0.00000205. The van der Waals surface area contributed by atoms with Crippen LogP contribution in [0.3, 0.4) is 0 Å². The van der Waals surface area contributed by atoms with E-state index in [1.165, 1.54) is 16.7 Å². The molecule has 1 aliphatic rings. The lowest BCUT2D eigenvalue weighted by molar-refractivity contribution is 0.0827. The second-order valence-electron chi connectivity index (χ2n) is 10.1. The van der Waals surface area contributed by atoms with Gasteiger partial charge in [0.2, 0.25) is 0 Å². The molecule has 1 aromatic carbocycles. The number of hydrogen-bond donors (Lipinski definition) is 1. The van der Waals surface area contributed by atoms with Crippen LogP contribution in [0.1, 0.15) is 66.9 Å². The van der Waals surface area contributed by atoms with Gasteiger partial charge in [-0.3, -0.25) is 19.7 Å². The summed E-state index contributed by atoms with van der Waals surface area (Å²) in [6, 6.07) is 12.2. The first-order valence-electron chi connectivity index (χ1n) is 13.8. The van der Waals surface area contributed by atoms with E-state index < -0.39 is 0 Å². The van der Waals surface area contributed by atoms with Gasteiger partial charge in [0.25, 0.3) is 5.91 Å². The van der Waals surface area contributed by atoms with Crippen molar-refractivity contribution in [3.05, 3.63) is 88.4 Å². The number of nitrogens with zero attached hydrogens (tertiary/aromatic N) is 4. The van der Waals surface area contributed by atoms with E-state index in [1.807, 2.05) is 57.3 Å². The van der Waals surface area contributed by atoms with Crippen LogP contribution in [0, 0.1) is 13.8 Å². The molecule has 0 saturated carbocycles. The number of amides is 1. The molecule has 1 unspecified atom stereocenters. The first-order valence-corrected chi connectivity index (χ1v) is 13.8. The van der Waals surface area contributed by atoms with Crippen molar-refractivity contribution in [2.75, 3.05) is 32.9 Å². The maximum absolute atomic E-state index is 12.3. The van der Waals surface area contributed by atoms with Gasteiger partial charge in [-0.1, -0.05) is 37.6 Å². The molecule has 1 atom stereocenters. The van der Waals surface area contributed by atoms with Crippen LogP contribution in [-0.4, -0.2) is 58.9 Å². The van der Waals surface area contributed by atoms with Crippen molar-refractivity contribution >= 4 is 23.2 Å². The van der Waals surface area contributed by atoms with Gasteiger partial charge in [0.15, 0.2) is 0 Å². The van der Waals surface area contributed by atoms with E-state index in [1.54, 1.807) is 25.2 Å². The number of pyridine rings is 2. The van der Waals surface area contributed by atoms with Crippen LogP contribution in [0.15, 0.2) is 60.4 Å². The summed E-state index contributed by atoms with van der Waals surface area (Å²) in [6.45, 7) is 14.5. The third-order valence-corrected chi connectivity index (χ3v) is 7.30. The zero-order valence-corrected chi connectivity index (χ0v) is 24.7. The number of aromatic nitrogens is 2. The molecule has 1 aliphatic heterocycles. The SMILES string of the molecule is C/C(=C\c1c(-c2ccc(N)cn2)ccnc1C)C(C)N1CC=C(c2ccc(C(=O)N(C)C)cc2C)CC1.CC. The first-order chi connectivity index (χ1) is 18.7. The van der Waals surface area contributed by atoms with Crippen LogP contribution in [0.25, 0.3) is 22.9 Å². The quantitative estimate of drug-likeness (QED) is 0.390. The predicted octanol–water partition coefficient (Wildman–Crippen LogP) is 6.65. The van der Waals surface area contributed by atoms with Crippen LogP contribution < -0.4 is 5.73 Å². The van der Waals surface area contributed by atoms with Crippen molar-refractivity contribution in [1.82, 2.24) is 19.8 Å². The minimum absolute atomic E-state index is 0.0359. The van der Waals surface area contributed by atoms with Crippen molar-refractivity contribution in [3.8, 4) is 11.3 Å². The lowest BCUT2D eigenvalue weighted by Gasteiger charge is -2.33. The molecule has 0 radical (unpaired) electrons. The number of carbonyl (C=O) groups is 1. The highest BCUT2D eigenvalue weighted by Crippen LogP contribution is 2.30. The Labute approximate surface area is 234 Å². The molecule has 206 valence electrons. The van der Waals surface area contributed by atoms with Gasteiger partial charge in [-0.15, -0.1) is 0 Å². The molecule has 3 heterocycles. The van der Waals surface area contributed by atoms with Gasteiger partial charge >= 0.3 is 0 Å². The molecule has 2 aromatic heterocycles. The summed E-state index contributed by atoms with van der Waals surface area (Å²) in [5.74, 6) is 0.0359.